The Labute approximate surface area is 206 Å². The van der Waals surface area contributed by atoms with Crippen LogP contribution in [0.4, 0.5) is 17.6 Å². The molecule has 0 radical (unpaired) electrons. The van der Waals surface area contributed by atoms with Crippen LogP contribution in [-0.2, 0) is 6.42 Å². The molecule has 0 saturated heterocycles. The van der Waals surface area contributed by atoms with E-state index in [2.05, 4.69) is 30.6 Å². The normalized spacial score (nSPS) is 11.7. The van der Waals surface area contributed by atoms with Crippen LogP contribution in [0.1, 0.15) is 37.5 Å². The maximum absolute atomic E-state index is 15.0. The van der Waals surface area contributed by atoms with E-state index in [1.165, 1.54) is 29.5 Å². The van der Waals surface area contributed by atoms with Gasteiger partial charge in [-0.05, 0) is 49.1 Å². The molecule has 36 heavy (non-hydrogen) atoms. The Balaban J connectivity index is 1.56. The van der Waals surface area contributed by atoms with Crippen LogP contribution in [0.3, 0.4) is 0 Å². The predicted molar refractivity (Wildman–Crippen MR) is 126 cm³/mol. The van der Waals surface area contributed by atoms with E-state index in [0.29, 0.717) is 23.4 Å². The Hall–Kier alpha value is -3.61. The molecular formula is C23H22F4N6O2S. The van der Waals surface area contributed by atoms with Crippen LogP contribution < -0.4 is 10.3 Å². The van der Waals surface area contributed by atoms with Gasteiger partial charge in [-0.2, -0.15) is 18.4 Å². The maximum Gasteiger partial charge on any atom is 0.389 e. The second-order valence-corrected chi connectivity index (χ2v) is 9.05. The lowest BCUT2D eigenvalue weighted by atomic mass is 10.0. The lowest BCUT2D eigenvalue weighted by Gasteiger charge is -2.11. The zero-order valence-electron chi connectivity index (χ0n) is 19.2. The summed E-state index contributed by atoms with van der Waals surface area (Å²) in [4.78, 5) is 21.1. The highest BCUT2D eigenvalue weighted by Crippen LogP contribution is 2.34. The topological polar surface area (TPSA) is 109 Å². The number of ether oxygens (including phenoxy) is 1. The average molecular weight is 523 g/mol. The van der Waals surface area contributed by atoms with Crippen molar-refractivity contribution in [3.63, 3.8) is 0 Å². The molecule has 4 aromatic rings. The van der Waals surface area contributed by atoms with E-state index in [1.54, 1.807) is 12.3 Å². The van der Waals surface area contributed by atoms with Crippen LogP contribution in [0.2, 0.25) is 0 Å². The number of halogens is 4. The molecule has 0 saturated carbocycles. The first kappa shape index (κ1) is 25.5. The van der Waals surface area contributed by atoms with E-state index in [9.17, 15) is 18.0 Å². The molecule has 0 bridgehead atoms. The van der Waals surface area contributed by atoms with Crippen molar-refractivity contribution in [2.24, 2.45) is 0 Å². The van der Waals surface area contributed by atoms with Gasteiger partial charge in [-0.15, -0.1) is 21.5 Å². The number of unbranched alkanes of at least 4 members (excludes halogenated alkanes) is 2. The molecule has 190 valence electrons. The number of pyridine rings is 1. The highest BCUT2D eigenvalue weighted by Gasteiger charge is 2.25. The standard InChI is InChI=1S/C23H22F4N6O2S/c1-2-14-12-28-22(36-14)16-11-18(29-21(34)19(16)20-30-32-33-31-20)15-7-6-13(10-17(15)24)35-9-5-3-4-8-23(25,26)27/h6-7,10-12H,2-5,8-9H2,1H3,(H,29,34)(H,30,31,32,33). The molecule has 3 aromatic heterocycles. The van der Waals surface area contributed by atoms with Crippen molar-refractivity contribution in [2.45, 2.75) is 45.2 Å². The second-order valence-electron chi connectivity index (χ2n) is 7.94. The van der Waals surface area contributed by atoms with Gasteiger partial charge < -0.3 is 9.72 Å². The van der Waals surface area contributed by atoms with Gasteiger partial charge >= 0.3 is 6.18 Å². The van der Waals surface area contributed by atoms with Gasteiger partial charge in [-0.1, -0.05) is 6.92 Å². The Bertz CT molecular complexity index is 1370. The monoisotopic (exact) mass is 522 g/mol. The molecule has 4 rings (SSSR count). The van der Waals surface area contributed by atoms with Crippen LogP contribution in [0.25, 0.3) is 33.2 Å². The number of hydrogen-bond donors (Lipinski definition) is 2. The summed E-state index contributed by atoms with van der Waals surface area (Å²) in [6.45, 7) is 2.16. The van der Waals surface area contributed by atoms with E-state index in [1.807, 2.05) is 6.92 Å². The van der Waals surface area contributed by atoms with Crippen molar-refractivity contribution in [3.05, 3.63) is 51.5 Å². The number of nitrogens with zero attached hydrogens (tertiary/aromatic N) is 4. The van der Waals surface area contributed by atoms with Crippen molar-refractivity contribution in [1.82, 2.24) is 30.6 Å². The van der Waals surface area contributed by atoms with Gasteiger partial charge in [0.05, 0.1) is 17.9 Å². The number of thiazole rings is 1. The molecule has 0 unspecified atom stereocenters. The molecule has 0 atom stereocenters. The first-order valence-electron chi connectivity index (χ1n) is 11.2. The Morgan fingerprint density at radius 2 is 1.94 bits per heavy atom. The van der Waals surface area contributed by atoms with Crippen LogP contribution in [0, 0.1) is 5.82 Å². The minimum atomic E-state index is -4.16. The number of benzene rings is 1. The molecule has 8 nitrogen and oxygen atoms in total. The summed E-state index contributed by atoms with van der Waals surface area (Å²) in [6.07, 6.45) is -1.71. The molecule has 1 aromatic carbocycles. The number of nitrogens with one attached hydrogen (secondary N) is 2. The summed E-state index contributed by atoms with van der Waals surface area (Å²) >= 11 is 1.41. The molecule has 2 N–H and O–H groups in total. The number of H-pyrrole nitrogens is 2. The number of alkyl halides is 3. The predicted octanol–water partition coefficient (Wildman–Crippen LogP) is 5.55. The fourth-order valence-corrected chi connectivity index (χ4v) is 4.43. The van der Waals surface area contributed by atoms with E-state index in [-0.39, 0.29) is 41.4 Å². The van der Waals surface area contributed by atoms with Crippen molar-refractivity contribution >= 4 is 11.3 Å². The third-order valence-electron chi connectivity index (χ3n) is 5.34. The summed E-state index contributed by atoms with van der Waals surface area (Å²) in [5.41, 5.74) is 0.439. The zero-order valence-corrected chi connectivity index (χ0v) is 20.0. The minimum absolute atomic E-state index is 0.0224. The van der Waals surface area contributed by atoms with Crippen LogP contribution >= 0.6 is 11.3 Å². The van der Waals surface area contributed by atoms with Gasteiger partial charge in [0, 0.05) is 34.7 Å². The van der Waals surface area contributed by atoms with Gasteiger partial charge in [0.2, 0.25) is 5.82 Å². The number of hydrogen-bond acceptors (Lipinski definition) is 7. The zero-order chi connectivity index (χ0) is 25.7. The first-order chi connectivity index (χ1) is 17.2. The number of tetrazole rings is 1. The summed E-state index contributed by atoms with van der Waals surface area (Å²) in [6, 6.07) is 5.80. The van der Waals surface area contributed by atoms with Gasteiger partial charge in [0.25, 0.3) is 5.56 Å². The molecule has 0 spiro atoms. The van der Waals surface area contributed by atoms with Crippen LogP contribution in [0.15, 0.2) is 35.3 Å². The molecule has 0 aliphatic carbocycles. The quantitative estimate of drug-likeness (QED) is 0.209. The van der Waals surface area contributed by atoms with Gasteiger partial charge in [0.15, 0.2) is 0 Å². The average Bonchev–Trinajstić information content (AvgIpc) is 3.52. The smallest absolute Gasteiger partial charge is 0.389 e. The van der Waals surface area contributed by atoms with Gasteiger partial charge in [0.1, 0.15) is 16.6 Å². The van der Waals surface area contributed by atoms with E-state index >= 15 is 4.39 Å². The highest BCUT2D eigenvalue weighted by atomic mass is 32.1. The Kier molecular flexibility index (Phi) is 7.77. The first-order valence-corrected chi connectivity index (χ1v) is 12.0. The molecule has 0 aliphatic rings. The summed E-state index contributed by atoms with van der Waals surface area (Å²) in [5, 5.41) is 14.2. The third kappa shape index (κ3) is 6.14. The molecule has 13 heteroatoms. The molecular weight excluding hydrogens is 500 g/mol. The lowest BCUT2D eigenvalue weighted by molar-refractivity contribution is -0.135. The molecule has 3 heterocycles. The third-order valence-corrected chi connectivity index (χ3v) is 6.51. The number of aromatic nitrogens is 6. The molecule has 0 fully saturated rings. The molecule has 0 amide bonds. The number of aromatic amines is 2. The van der Waals surface area contributed by atoms with Crippen LogP contribution in [0.5, 0.6) is 5.75 Å². The highest BCUT2D eigenvalue weighted by molar-refractivity contribution is 7.15. The summed E-state index contributed by atoms with van der Waals surface area (Å²) in [7, 11) is 0. The maximum atomic E-state index is 15.0. The van der Waals surface area contributed by atoms with Crippen LogP contribution in [-0.4, -0.2) is 43.4 Å². The van der Waals surface area contributed by atoms with Crippen molar-refractivity contribution in [1.29, 1.82) is 0 Å². The largest absolute Gasteiger partial charge is 0.493 e. The summed E-state index contributed by atoms with van der Waals surface area (Å²) in [5.74, 6) is -0.303. The Morgan fingerprint density at radius 1 is 1.11 bits per heavy atom. The lowest BCUT2D eigenvalue weighted by Crippen LogP contribution is -2.13. The fraction of sp³-hybridized carbons (Fsp3) is 0.348. The number of rotatable bonds is 10. The molecule has 0 aliphatic heterocycles. The minimum Gasteiger partial charge on any atom is -0.493 e. The summed E-state index contributed by atoms with van der Waals surface area (Å²) < 4.78 is 57.1. The van der Waals surface area contributed by atoms with Crippen molar-refractivity contribution in [2.75, 3.05) is 6.61 Å². The van der Waals surface area contributed by atoms with E-state index < -0.39 is 24.0 Å². The Morgan fingerprint density at radius 3 is 2.61 bits per heavy atom. The van der Waals surface area contributed by atoms with Gasteiger partial charge in [-0.25, -0.2) is 9.37 Å². The van der Waals surface area contributed by atoms with Crippen molar-refractivity contribution in [3.8, 4) is 39.0 Å². The second kappa shape index (κ2) is 11.0. The van der Waals surface area contributed by atoms with E-state index in [0.717, 1.165) is 11.3 Å². The van der Waals surface area contributed by atoms with E-state index in [4.69, 9.17) is 4.74 Å². The SMILES string of the molecule is CCc1cnc(-c2cc(-c3ccc(OCCCCCC(F)(F)F)cc3F)[nH]c(=O)c2-c2nn[nH]n2)s1. The fourth-order valence-electron chi connectivity index (χ4n) is 3.56. The van der Waals surface area contributed by atoms with Crippen molar-refractivity contribution < 1.29 is 22.3 Å². The number of aryl methyl sites for hydroxylation is 1. The van der Waals surface area contributed by atoms with Gasteiger partial charge in [-0.3, -0.25) is 4.79 Å².